The molecule has 0 aliphatic rings. The molecule has 0 spiro atoms. The van der Waals surface area contributed by atoms with Crippen molar-refractivity contribution in [2.45, 2.75) is 33.8 Å². The minimum absolute atomic E-state index is 0.339. The van der Waals surface area contributed by atoms with Crippen LogP contribution in [-0.2, 0) is 0 Å². The first-order chi connectivity index (χ1) is 9.38. The molecule has 2 rings (SSSR count). The number of halogens is 1. The lowest BCUT2D eigenvalue weighted by molar-refractivity contribution is 0.195. The van der Waals surface area contributed by atoms with Crippen LogP contribution in [0.3, 0.4) is 0 Å². The van der Waals surface area contributed by atoms with Crippen LogP contribution in [0.2, 0.25) is 0 Å². The highest BCUT2D eigenvalue weighted by atomic mass is 19.1. The van der Waals surface area contributed by atoms with Gasteiger partial charge in [0.15, 0.2) is 0 Å². The summed E-state index contributed by atoms with van der Waals surface area (Å²) in [5.41, 5.74) is 3.10. The van der Waals surface area contributed by atoms with Gasteiger partial charge in [0.1, 0.15) is 17.3 Å². The highest BCUT2D eigenvalue weighted by Crippen LogP contribution is 2.33. The van der Waals surface area contributed by atoms with E-state index in [1.165, 1.54) is 6.07 Å². The van der Waals surface area contributed by atoms with Crippen LogP contribution >= 0.6 is 0 Å². The van der Waals surface area contributed by atoms with Crippen molar-refractivity contribution in [3.8, 4) is 11.5 Å². The van der Waals surface area contributed by atoms with Gasteiger partial charge >= 0.3 is 0 Å². The van der Waals surface area contributed by atoms with Gasteiger partial charge in [-0.15, -0.1) is 0 Å². The zero-order valence-electron chi connectivity index (χ0n) is 12.2. The lowest BCUT2D eigenvalue weighted by Crippen LogP contribution is -1.99. The van der Waals surface area contributed by atoms with E-state index in [0.717, 1.165) is 11.1 Å². The first kappa shape index (κ1) is 14.5. The average molecular weight is 274 g/mol. The summed E-state index contributed by atoms with van der Waals surface area (Å²) in [6, 6.07) is 8.82. The van der Waals surface area contributed by atoms with Crippen LogP contribution < -0.4 is 4.74 Å². The van der Waals surface area contributed by atoms with Gasteiger partial charge in [-0.2, -0.15) is 0 Å². The van der Waals surface area contributed by atoms with Crippen LogP contribution in [0.15, 0.2) is 30.3 Å². The molecule has 0 fully saturated rings. The van der Waals surface area contributed by atoms with Crippen molar-refractivity contribution in [3.63, 3.8) is 0 Å². The summed E-state index contributed by atoms with van der Waals surface area (Å²) in [5.74, 6) is 0.864. The number of aliphatic hydroxyl groups excluding tert-OH is 1. The average Bonchev–Trinajstić information content (AvgIpc) is 2.36. The maximum Gasteiger partial charge on any atom is 0.133 e. The summed E-state index contributed by atoms with van der Waals surface area (Å²) in [6.07, 6.45) is -0.786. The summed E-state index contributed by atoms with van der Waals surface area (Å²) in [6.45, 7) is 7.25. The molecular weight excluding hydrogens is 255 g/mol. The molecule has 0 aromatic heterocycles. The van der Waals surface area contributed by atoms with E-state index in [4.69, 9.17) is 4.74 Å². The fourth-order valence-electron chi connectivity index (χ4n) is 2.12. The molecular formula is C17H19FO2. The summed E-state index contributed by atoms with van der Waals surface area (Å²) in [4.78, 5) is 0. The van der Waals surface area contributed by atoms with Gasteiger partial charge in [-0.05, 0) is 57.0 Å². The van der Waals surface area contributed by atoms with Crippen molar-refractivity contribution in [2.24, 2.45) is 0 Å². The molecule has 0 aliphatic heterocycles. The first-order valence-corrected chi connectivity index (χ1v) is 6.61. The fraction of sp³-hybridized carbons (Fsp3) is 0.294. The second kappa shape index (κ2) is 5.63. The summed E-state index contributed by atoms with van der Waals surface area (Å²) in [7, 11) is 0. The van der Waals surface area contributed by atoms with Gasteiger partial charge in [-0.1, -0.05) is 17.7 Å². The van der Waals surface area contributed by atoms with Crippen LogP contribution in [0.25, 0.3) is 0 Å². The molecule has 0 saturated heterocycles. The Balaban J connectivity index is 2.44. The predicted molar refractivity (Wildman–Crippen MR) is 77.8 cm³/mol. The third-order valence-electron chi connectivity index (χ3n) is 3.29. The summed E-state index contributed by atoms with van der Waals surface area (Å²) in [5, 5.41) is 9.76. The predicted octanol–water partition coefficient (Wildman–Crippen LogP) is 4.60. The monoisotopic (exact) mass is 274 g/mol. The van der Waals surface area contributed by atoms with Crippen LogP contribution in [0, 0.1) is 26.6 Å². The minimum Gasteiger partial charge on any atom is -0.457 e. The lowest BCUT2D eigenvalue weighted by Gasteiger charge is -2.16. The van der Waals surface area contributed by atoms with Crippen molar-refractivity contribution in [3.05, 3.63) is 58.4 Å². The van der Waals surface area contributed by atoms with Crippen molar-refractivity contribution >= 4 is 0 Å². The Morgan fingerprint density at radius 1 is 1.00 bits per heavy atom. The zero-order valence-corrected chi connectivity index (χ0v) is 12.2. The quantitative estimate of drug-likeness (QED) is 0.886. The molecule has 2 aromatic carbocycles. The third-order valence-corrected chi connectivity index (χ3v) is 3.29. The van der Waals surface area contributed by atoms with Gasteiger partial charge in [-0.3, -0.25) is 0 Å². The second-order valence-corrected chi connectivity index (χ2v) is 5.19. The van der Waals surface area contributed by atoms with Crippen molar-refractivity contribution in [1.82, 2.24) is 0 Å². The Bertz CT molecular complexity index is 633. The van der Waals surface area contributed by atoms with E-state index in [1.807, 2.05) is 32.0 Å². The highest BCUT2D eigenvalue weighted by Gasteiger charge is 2.14. The molecule has 0 bridgehead atoms. The molecule has 106 valence electrons. The smallest absolute Gasteiger partial charge is 0.133 e. The molecule has 0 amide bonds. The van der Waals surface area contributed by atoms with Gasteiger partial charge in [-0.25, -0.2) is 4.39 Å². The number of aliphatic hydroxyl groups is 1. The van der Waals surface area contributed by atoms with Crippen molar-refractivity contribution < 1.29 is 14.2 Å². The number of hydrogen-bond acceptors (Lipinski definition) is 2. The zero-order chi connectivity index (χ0) is 14.9. The molecule has 0 radical (unpaired) electrons. The molecule has 2 aromatic rings. The topological polar surface area (TPSA) is 29.5 Å². The Morgan fingerprint density at radius 3 is 2.30 bits per heavy atom. The van der Waals surface area contributed by atoms with Crippen molar-refractivity contribution in [2.75, 3.05) is 0 Å². The van der Waals surface area contributed by atoms with Gasteiger partial charge in [0.05, 0.1) is 6.10 Å². The van der Waals surface area contributed by atoms with Crippen LogP contribution in [0.5, 0.6) is 11.5 Å². The van der Waals surface area contributed by atoms with Gasteiger partial charge < -0.3 is 9.84 Å². The molecule has 1 N–H and O–H groups in total. The van der Waals surface area contributed by atoms with E-state index in [9.17, 15) is 9.50 Å². The van der Waals surface area contributed by atoms with E-state index in [2.05, 4.69) is 0 Å². The van der Waals surface area contributed by atoms with Gasteiger partial charge in [0, 0.05) is 5.56 Å². The first-order valence-electron chi connectivity index (χ1n) is 6.61. The number of rotatable bonds is 3. The van der Waals surface area contributed by atoms with E-state index in [1.54, 1.807) is 19.9 Å². The van der Waals surface area contributed by atoms with Gasteiger partial charge in [0.2, 0.25) is 0 Å². The molecule has 20 heavy (non-hydrogen) atoms. The molecule has 1 atom stereocenters. The lowest BCUT2D eigenvalue weighted by atomic mass is 10.1. The largest absolute Gasteiger partial charge is 0.457 e. The van der Waals surface area contributed by atoms with Gasteiger partial charge in [0.25, 0.3) is 0 Å². The number of hydrogen-bond donors (Lipinski definition) is 1. The standard InChI is InChI=1S/C17H19FO2/c1-10-5-6-16(12(3)7-10)20-17-8-11(2)15(18)9-14(17)13(4)19/h5-9,13,19H,1-4H3/t13-/m1/s1. The van der Waals surface area contributed by atoms with Crippen LogP contribution in [0.4, 0.5) is 4.39 Å². The maximum absolute atomic E-state index is 13.6. The Labute approximate surface area is 118 Å². The number of benzene rings is 2. The minimum atomic E-state index is -0.786. The number of aryl methyl sites for hydroxylation is 3. The fourth-order valence-corrected chi connectivity index (χ4v) is 2.12. The Hall–Kier alpha value is -1.87. The Morgan fingerprint density at radius 2 is 1.70 bits per heavy atom. The highest BCUT2D eigenvalue weighted by molar-refractivity contribution is 5.45. The van der Waals surface area contributed by atoms with Crippen molar-refractivity contribution in [1.29, 1.82) is 0 Å². The van der Waals surface area contributed by atoms with Crippen LogP contribution in [-0.4, -0.2) is 5.11 Å². The van der Waals surface area contributed by atoms with E-state index in [-0.39, 0.29) is 5.82 Å². The van der Waals surface area contributed by atoms with E-state index >= 15 is 0 Å². The molecule has 0 saturated carbocycles. The summed E-state index contributed by atoms with van der Waals surface area (Å²) >= 11 is 0. The molecule has 0 aliphatic carbocycles. The third kappa shape index (κ3) is 2.99. The van der Waals surface area contributed by atoms with E-state index < -0.39 is 6.10 Å². The molecule has 3 heteroatoms. The SMILES string of the molecule is Cc1ccc(Oc2cc(C)c(F)cc2[C@@H](C)O)c(C)c1. The molecule has 2 nitrogen and oxygen atoms in total. The number of ether oxygens (including phenoxy) is 1. The molecule has 0 unspecified atom stereocenters. The molecule has 0 heterocycles. The van der Waals surface area contributed by atoms with Crippen LogP contribution in [0.1, 0.15) is 35.3 Å². The normalized spacial score (nSPS) is 12.3. The maximum atomic E-state index is 13.6. The Kier molecular flexibility index (Phi) is 4.09. The van der Waals surface area contributed by atoms with E-state index in [0.29, 0.717) is 22.6 Å². The second-order valence-electron chi connectivity index (χ2n) is 5.19. The summed E-state index contributed by atoms with van der Waals surface area (Å²) < 4.78 is 19.5.